The monoisotopic (exact) mass is 229 g/mol. The molecule has 3 nitrogen and oxygen atoms in total. The van der Waals surface area contributed by atoms with Crippen molar-refractivity contribution in [3.8, 4) is 0 Å². The topological polar surface area (TPSA) is 52.3 Å². The molecule has 0 aliphatic carbocycles. The summed E-state index contributed by atoms with van der Waals surface area (Å²) in [4.78, 5) is 11.0. The molecule has 0 spiro atoms. The van der Waals surface area contributed by atoms with Crippen LogP contribution in [0.25, 0.3) is 0 Å². The number of nitrogens with two attached hydrogens (primary N) is 1. The predicted molar refractivity (Wildman–Crippen MR) is 62.0 cm³/mol. The summed E-state index contributed by atoms with van der Waals surface area (Å²) in [5, 5.41) is 0. The number of hydrogen-bond acceptors (Lipinski definition) is 3. The highest BCUT2D eigenvalue weighted by Gasteiger charge is 2.07. The molecule has 1 rings (SSSR count). The lowest BCUT2D eigenvalue weighted by atomic mass is 10.2. The zero-order chi connectivity index (χ0) is 10.4. The number of carbonyl (C=O) groups is 1. The van der Waals surface area contributed by atoms with E-state index in [0.717, 1.165) is 12.0 Å². The Bertz CT molecular complexity index is 288. The molecule has 1 atom stereocenters. The molecule has 0 fully saturated rings. The molecule has 0 aliphatic heterocycles. The minimum Gasteiger partial charge on any atom is -0.464 e. The summed E-state index contributed by atoms with van der Waals surface area (Å²) in [7, 11) is 0. The molecule has 0 bridgehead atoms. The second kappa shape index (κ2) is 7.26. The van der Waals surface area contributed by atoms with Crippen molar-refractivity contribution in [2.45, 2.75) is 19.4 Å². The number of benzene rings is 1. The fraction of sp³-hybridized carbons (Fsp3) is 0.364. The summed E-state index contributed by atoms with van der Waals surface area (Å²) in [6.07, 6.45) is 0.735. The fourth-order valence-electron chi connectivity index (χ4n) is 1.05. The van der Waals surface area contributed by atoms with Crippen molar-refractivity contribution in [3.05, 3.63) is 35.9 Å². The molecule has 4 heteroatoms. The van der Waals surface area contributed by atoms with Crippen LogP contribution in [0.2, 0.25) is 0 Å². The molecule has 0 aliphatic rings. The molecule has 84 valence electrons. The molecule has 0 radical (unpaired) electrons. The maximum atomic E-state index is 11.0. The van der Waals surface area contributed by atoms with Crippen LogP contribution in [0, 0.1) is 0 Å². The van der Waals surface area contributed by atoms with Crippen molar-refractivity contribution < 1.29 is 9.53 Å². The molecule has 1 aromatic carbocycles. The van der Waals surface area contributed by atoms with Crippen molar-refractivity contribution in [1.29, 1.82) is 0 Å². The Kier molecular flexibility index (Phi) is 6.75. The second-order valence-corrected chi connectivity index (χ2v) is 3.19. The van der Waals surface area contributed by atoms with Crippen molar-refractivity contribution >= 4 is 18.4 Å². The van der Waals surface area contributed by atoms with Crippen LogP contribution >= 0.6 is 12.4 Å². The Hall–Kier alpha value is -1.06. The van der Waals surface area contributed by atoms with Gasteiger partial charge in [-0.1, -0.05) is 30.3 Å². The van der Waals surface area contributed by atoms with E-state index in [1.54, 1.807) is 6.92 Å². The molecule has 1 unspecified atom stereocenters. The van der Waals surface area contributed by atoms with E-state index < -0.39 is 6.04 Å². The van der Waals surface area contributed by atoms with E-state index in [9.17, 15) is 4.79 Å². The van der Waals surface area contributed by atoms with Gasteiger partial charge >= 0.3 is 5.97 Å². The largest absolute Gasteiger partial charge is 0.464 e. The van der Waals surface area contributed by atoms with E-state index >= 15 is 0 Å². The lowest BCUT2D eigenvalue weighted by Crippen LogP contribution is -2.29. The van der Waals surface area contributed by atoms with Crippen LogP contribution in [0.1, 0.15) is 12.5 Å². The molecule has 0 saturated carbocycles. The van der Waals surface area contributed by atoms with E-state index in [1.807, 2.05) is 30.3 Å². The predicted octanol–water partition coefficient (Wildman–Crippen LogP) is 1.54. The number of carbonyl (C=O) groups excluding carboxylic acids is 1. The zero-order valence-electron chi connectivity index (χ0n) is 8.68. The van der Waals surface area contributed by atoms with Gasteiger partial charge in [-0.05, 0) is 12.5 Å². The molecule has 2 N–H and O–H groups in total. The molecular formula is C11H16ClNO2. The van der Waals surface area contributed by atoms with Crippen LogP contribution in [0.3, 0.4) is 0 Å². The fourth-order valence-corrected chi connectivity index (χ4v) is 1.05. The van der Waals surface area contributed by atoms with Gasteiger partial charge in [0.05, 0.1) is 6.61 Å². The van der Waals surface area contributed by atoms with E-state index in [-0.39, 0.29) is 18.4 Å². The number of halogens is 1. The quantitative estimate of drug-likeness (QED) is 0.797. The van der Waals surface area contributed by atoms with Gasteiger partial charge in [0.1, 0.15) is 6.04 Å². The van der Waals surface area contributed by atoms with E-state index in [2.05, 4.69) is 0 Å². The van der Waals surface area contributed by atoms with Gasteiger partial charge in [-0.3, -0.25) is 4.79 Å². The molecule has 0 amide bonds. The van der Waals surface area contributed by atoms with E-state index in [1.165, 1.54) is 0 Å². The first-order valence-electron chi connectivity index (χ1n) is 4.66. The van der Waals surface area contributed by atoms with Crippen LogP contribution in [-0.2, 0) is 16.0 Å². The standard InChI is InChI=1S/C11H15NO2.ClH/c1-9(12)11(13)14-8-7-10-5-3-2-4-6-10;/h2-6,9H,7-8,12H2,1H3;1H. The van der Waals surface area contributed by atoms with Crippen LogP contribution < -0.4 is 5.73 Å². The second-order valence-electron chi connectivity index (χ2n) is 3.19. The maximum absolute atomic E-state index is 11.0. The minimum absolute atomic E-state index is 0. The Balaban J connectivity index is 0.00000196. The highest BCUT2D eigenvalue weighted by molar-refractivity contribution is 5.85. The third-order valence-electron chi connectivity index (χ3n) is 1.85. The first kappa shape index (κ1) is 13.9. The molecule has 1 aromatic rings. The van der Waals surface area contributed by atoms with Gasteiger partial charge in [0.15, 0.2) is 0 Å². The summed E-state index contributed by atoms with van der Waals surface area (Å²) in [5.41, 5.74) is 6.50. The third kappa shape index (κ3) is 5.40. The average molecular weight is 230 g/mol. The van der Waals surface area contributed by atoms with Gasteiger partial charge in [-0.15, -0.1) is 12.4 Å². The number of rotatable bonds is 4. The lowest BCUT2D eigenvalue weighted by molar-refractivity contribution is -0.144. The summed E-state index contributed by atoms with van der Waals surface area (Å²) in [6, 6.07) is 9.34. The van der Waals surface area contributed by atoms with Gasteiger partial charge in [0.25, 0.3) is 0 Å². The highest BCUT2D eigenvalue weighted by Crippen LogP contribution is 1.99. The van der Waals surface area contributed by atoms with Gasteiger partial charge in [-0.25, -0.2) is 0 Å². The summed E-state index contributed by atoms with van der Waals surface area (Å²) >= 11 is 0. The van der Waals surface area contributed by atoms with Crippen molar-refractivity contribution in [1.82, 2.24) is 0 Å². The Morgan fingerprint density at radius 2 is 2.00 bits per heavy atom. The normalized spacial score (nSPS) is 11.3. The minimum atomic E-state index is -0.536. The smallest absolute Gasteiger partial charge is 0.322 e. The Morgan fingerprint density at radius 1 is 1.40 bits per heavy atom. The maximum Gasteiger partial charge on any atom is 0.322 e. The van der Waals surface area contributed by atoms with E-state index in [0.29, 0.717) is 6.61 Å². The van der Waals surface area contributed by atoms with Gasteiger partial charge < -0.3 is 10.5 Å². The molecule has 0 saturated heterocycles. The molecule has 0 heterocycles. The Morgan fingerprint density at radius 3 is 2.53 bits per heavy atom. The van der Waals surface area contributed by atoms with Gasteiger partial charge in [0.2, 0.25) is 0 Å². The van der Waals surface area contributed by atoms with Crippen molar-refractivity contribution in [3.63, 3.8) is 0 Å². The Labute approximate surface area is 96.0 Å². The molecule has 15 heavy (non-hydrogen) atoms. The number of hydrogen-bond donors (Lipinski definition) is 1. The number of esters is 1. The molecule has 0 aromatic heterocycles. The number of ether oxygens (including phenoxy) is 1. The zero-order valence-corrected chi connectivity index (χ0v) is 9.50. The van der Waals surface area contributed by atoms with Crippen LogP contribution in [-0.4, -0.2) is 18.6 Å². The van der Waals surface area contributed by atoms with Gasteiger partial charge in [-0.2, -0.15) is 0 Å². The van der Waals surface area contributed by atoms with E-state index in [4.69, 9.17) is 10.5 Å². The van der Waals surface area contributed by atoms with Gasteiger partial charge in [0, 0.05) is 6.42 Å². The average Bonchev–Trinajstić information content (AvgIpc) is 2.19. The van der Waals surface area contributed by atoms with Crippen LogP contribution in [0.5, 0.6) is 0 Å². The van der Waals surface area contributed by atoms with Crippen molar-refractivity contribution in [2.75, 3.05) is 6.61 Å². The van der Waals surface area contributed by atoms with Crippen LogP contribution in [0.4, 0.5) is 0 Å². The lowest BCUT2D eigenvalue weighted by Gasteiger charge is -2.06. The van der Waals surface area contributed by atoms with Crippen molar-refractivity contribution in [2.24, 2.45) is 5.73 Å². The first-order chi connectivity index (χ1) is 6.70. The highest BCUT2D eigenvalue weighted by atomic mass is 35.5. The van der Waals surface area contributed by atoms with Crippen LogP contribution in [0.15, 0.2) is 30.3 Å². The summed E-state index contributed by atoms with van der Waals surface area (Å²) < 4.78 is 4.94. The molecular weight excluding hydrogens is 214 g/mol. The SMILES string of the molecule is CC(N)C(=O)OCCc1ccccc1.Cl. The first-order valence-corrected chi connectivity index (χ1v) is 4.66. The third-order valence-corrected chi connectivity index (χ3v) is 1.85. The summed E-state index contributed by atoms with van der Waals surface area (Å²) in [5.74, 6) is -0.346. The summed E-state index contributed by atoms with van der Waals surface area (Å²) in [6.45, 7) is 2.01.